The molecule has 3 aromatic rings. The van der Waals surface area contributed by atoms with Gasteiger partial charge >= 0.3 is 0 Å². The number of rotatable bonds is 3. The number of amides is 2. The van der Waals surface area contributed by atoms with Crippen molar-refractivity contribution in [3.8, 4) is 0 Å². The molecule has 6 heteroatoms. The lowest BCUT2D eigenvalue weighted by atomic mass is 9.90. The van der Waals surface area contributed by atoms with Crippen molar-refractivity contribution in [3.63, 3.8) is 0 Å². The summed E-state index contributed by atoms with van der Waals surface area (Å²) in [6, 6.07) is 22.0. The molecule has 150 valence electrons. The number of nitrogens with zero attached hydrogens (tertiary/aromatic N) is 2. The zero-order valence-electron chi connectivity index (χ0n) is 16.2. The van der Waals surface area contributed by atoms with Crippen LogP contribution in [0.5, 0.6) is 0 Å². The van der Waals surface area contributed by atoms with Crippen LogP contribution in [-0.2, 0) is 14.4 Å². The monoisotopic (exact) mass is 402 g/mol. The SMILES string of the molecule is Cc1ccc(N2C(=O)[C@@H]3[C@H](ON(c4ccccc4)[C@H]3c3ccc(F)cc3)C2=O)cc1. The smallest absolute Gasteiger partial charge is 0.266 e. The van der Waals surface area contributed by atoms with Crippen LogP contribution in [-0.4, -0.2) is 17.9 Å². The van der Waals surface area contributed by atoms with Crippen LogP contribution in [0.2, 0.25) is 0 Å². The molecular formula is C24H19FN2O3. The van der Waals surface area contributed by atoms with E-state index in [1.165, 1.54) is 17.0 Å². The quantitative estimate of drug-likeness (QED) is 0.617. The lowest BCUT2D eigenvalue weighted by Gasteiger charge is -2.28. The molecule has 0 unspecified atom stereocenters. The van der Waals surface area contributed by atoms with Gasteiger partial charge in [-0.3, -0.25) is 14.4 Å². The number of carbonyl (C=O) groups excluding carboxylic acids is 2. The Morgan fingerprint density at radius 1 is 0.800 bits per heavy atom. The van der Waals surface area contributed by atoms with E-state index in [1.54, 1.807) is 29.3 Å². The van der Waals surface area contributed by atoms with Gasteiger partial charge in [-0.1, -0.05) is 48.0 Å². The maximum Gasteiger partial charge on any atom is 0.266 e. The summed E-state index contributed by atoms with van der Waals surface area (Å²) in [4.78, 5) is 33.9. The number of anilines is 2. The molecule has 0 aromatic heterocycles. The van der Waals surface area contributed by atoms with Crippen molar-refractivity contribution in [2.24, 2.45) is 5.92 Å². The average molecular weight is 402 g/mol. The number of hydroxylamine groups is 1. The van der Waals surface area contributed by atoms with Crippen molar-refractivity contribution in [1.29, 1.82) is 0 Å². The fourth-order valence-electron chi connectivity index (χ4n) is 4.16. The first kappa shape index (κ1) is 18.5. The van der Waals surface area contributed by atoms with E-state index in [-0.39, 0.29) is 17.6 Å². The van der Waals surface area contributed by atoms with Gasteiger partial charge in [-0.05, 0) is 48.9 Å². The number of hydrogen-bond donors (Lipinski definition) is 0. The Morgan fingerprint density at radius 2 is 1.47 bits per heavy atom. The molecule has 2 fully saturated rings. The Labute approximate surface area is 173 Å². The van der Waals surface area contributed by atoms with E-state index in [2.05, 4.69) is 0 Å². The summed E-state index contributed by atoms with van der Waals surface area (Å²) in [5, 5.41) is 1.60. The van der Waals surface area contributed by atoms with E-state index in [0.29, 0.717) is 11.3 Å². The minimum absolute atomic E-state index is 0.318. The average Bonchev–Trinajstić information content (AvgIpc) is 3.27. The summed E-state index contributed by atoms with van der Waals surface area (Å²) >= 11 is 0. The van der Waals surface area contributed by atoms with E-state index in [4.69, 9.17) is 4.84 Å². The maximum atomic E-state index is 13.5. The normalized spacial score (nSPS) is 23.2. The second-order valence-electron chi connectivity index (χ2n) is 7.56. The van der Waals surface area contributed by atoms with Crippen molar-refractivity contribution >= 4 is 23.2 Å². The van der Waals surface area contributed by atoms with Crippen LogP contribution in [0.25, 0.3) is 0 Å². The number of benzene rings is 3. The Balaban J connectivity index is 1.58. The van der Waals surface area contributed by atoms with Gasteiger partial charge in [0, 0.05) is 0 Å². The minimum Gasteiger partial charge on any atom is -0.273 e. The van der Waals surface area contributed by atoms with Crippen LogP contribution >= 0.6 is 0 Å². The predicted molar refractivity (Wildman–Crippen MR) is 110 cm³/mol. The van der Waals surface area contributed by atoms with Gasteiger partial charge in [-0.2, -0.15) is 0 Å². The molecule has 2 heterocycles. The molecule has 3 atom stereocenters. The largest absolute Gasteiger partial charge is 0.273 e. The van der Waals surface area contributed by atoms with Crippen LogP contribution in [0.4, 0.5) is 15.8 Å². The molecule has 0 N–H and O–H groups in total. The standard InChI is InChI=1S/C24H19FN2O3/c1-15-7-13-18(14-8-15)26-23(28)20-21(16-9-11-17(25)12-10-16)27(30-22(20)24(26)29)19-5-3-2-4-6-19/h2-14,20-22H,1H3/t20-,21-,22-/m0/s1. The molecule has 5 rings (SSSR count). The van der Waals surface area contributed by atoms with Gasteiger partial charge in [0.15, 0.2) is 6.10 Å². The summed E-state index contributed by atoms with van der Waals surface area (Å²) < 4.78 is 13.5. The Hall–Kier alpha value is -3.51. The molecule has 2 aliphatic rings. The van der Waals surface area contributed by atoms with Gasteiger partial charge in [0.2, 0.25) is 5.91 Å². The number of halogens is 1. The molecule has 0 radical (unpaired) electrons. The van der Waals surface area contributed by atoms with Crippen molar-refractivity contribution in [1.82, 2.24) is 0 Å². The third-order valence-electron chi connectivity index (χ3n) is 5.63. The van der Waals surface area contributed by atoms with Crippen LogP contribution < -0.4 is 9.96 Å². The zero-order chi connectivity index (χ0) is 20.8. The second kappa shape index (κ2) is 7.07. The molecular weight excluding hydrogens is 383 g/mol. The third kappa shape index (κ3) is 2.88. The highest BCUT2D eigenvalue weighted by Crippen LogP contribution is 2.47. The highest BCUT2D eigenvalue weighted by Gasteiger charge is 2.60. The van der Waals surface area contributed by atoms with Crippen LogP contribution in [0.15, 0.2) is 78.9 Å². The molecule has 0 saturated carbocycles. The molecule has 2 amide bonds. The number of para-hydroxylation sites is 1. The lowest BCUT2D eigenvalue weighted by molar-refractivity contribution is -0.126. The molecule has 2 saturated heterocycles. The number of fused-ring (bicyclic) bond motifs is 1. The van der Waals surface area contributed by atoms with Crippen molar-refractivity contribution in [3.05, 3.63) is 95.8 Å². The fourth-order valence-corrected chi connectivity index (χ4v) is 4.16. The minimum atomic E-state index is -0.936. The molecule has 30 heavy (non-hydrogen) atoms. The summed E-state index contributed by atoms with van der Waals surface area (Å²) in [7, 11) is 0. The summed E-state index contributed by atoms with van der Waals surface area (Å²) in [6.07, 6.45) is -0.936. The molecule has 5 nitrogen and oxygen atoms in total. The summed E-state index contributed by atoms with van der Waals surface area (Å²) in [5.41, 5.74) is 3.00. The van der Waals surface area contributed by atoms with E-state index in [9.17, 15) is 14.0 Å². The summed E-state index contributed by atoms with van der Waals surface area (Å²) in [5.74, 6) is -1.80. The van der Waals surface area contributed by atoms with Gasteiger partial charge in [0.25, 0.3) is 5.91 Å². The van der Waals surface area contributed by atoms with Gasteiger partial charge < -0.3 is 0 Å². The lowest BCUT2D eigenvalue weighted by Crippen LogP contribution is -2.37. The van der Waals surface area contributed by atoms with Gasteiger partial charge in [0.05, 0.1) is 17.4 Å². The van der Waals surface area contributed by atoms with Crippen molar-refractivity contribution in [2.45, 2.75) is 19.1 Å². The molecule has 0 aliphatic carbocycles. The zero-order valence-corrected chi connectivity index (χ0v) is 16.2. The molecule has 3 aromatic carbocycles. The van der Waals surface area contributed by atoms with Crippen molar-refractivity contribution in [2.75, 3.05) is 9.96 Å². The van der Waals surface area contributed by atoms with E-state index in [1.807, 2.05) is 49.4 Å². The van der Waals surface area contributed by atoms with Gasteiger partial charge in [-0.15, -0.1) is 0 Å². The first-order valence-corrected chi connectivity index (χ1v) is 9.75. The van der Waals surface area contributed by atoms with Crippen LogP contribution in [0, 0.1) is 18.7 Å². The molecule has 2 aliphatic heterocycles. The molecule has 0 bridgehead atoms. The van der Waals surface area contributed by atoms with Crippen LogP contribution in [0.1, 0.15) is 17.2 Å². The Bertz CT molecular complexity index is 1100. The maximum absolute atomic E-state index is 13.5. The van der Waals surface area contributed by atoms with E-state index < -0.39 is 18.1 Å². The number of hydrogen-bond acceptors (Lipinski definition) is 4. The first-order chi connectivity index (χ1) is 14.5. The van der Waals surface area contributed by atoms with Crippen molar-refractivity contribution < 1.29 is 18.8 Å². The highest BCUT2D eigenvalue weighted by atomic mass is 19.1. The van der Waals surface area contributed by atoms with Gasteiger partial charge in [0.1, 0.15) is 11.7 Å². The summed E-state index contributed by atoms with van der Waals surface area (Å²) in [6.45, 7) is 1.94. The van der Waals surface area contributed by atoms with E-state index in [0.717, 1.165) is 11.3 Å². The van der Waals surface area contributed by atoms with Crippen LogP contribution in [0.3, 0.4) is 0 Å². The fraction of sp³-hybridized carbons (Fsp3) is 0.167. The van der Waals surface area contributed by atoms with Gasteiger partial charge in [-0.25, -0.2) is 14.4 Å². The first-order valence-electron chi connectivity index (χ1n) is 9.75. The predicted octanol–water partition coefficient (Wildman–Crippen LogP) is 4.19. The van der Waals surface area contributed by atoms with E-state index >= 15 is 0 Å². The Kier molecular flexibility index (Phi) is 4.37. The topological polar surface area (TPSA) is 49.9 Å². The highest BCUT2D eigenvalue weighted by molar-refractivity contribution is 6.23. The Morgan fingerprint density at radius 3 is 2.13 bits per heavy atom. The number of aryl methyl sites for hydroxylation is 1. The number of carbonyl (C=O) groups is 2. The second-order valence-corrected chi connectivity index (χ2v) is 7.56. The third-order valence-corrected chi connectivity index (χ3v) is 5.63. The molecule has 0 spiro atoms. The number of imide groups is 1.